The van der Waals surface area contributed by atoms with Gasteiger partial charge in [0.2, 0.25) is 0 Å². The second kappa shape index (κ2) is 13.4. The maximum atomic E-state index is 3.05. The van der Waals surface area contributed by atoms with Gasteiger partial charge in [0.1, 0.15) is 0 Å². The van der Waals surface area contributed by atoms with Crippen molar-refractivity contribution < 1.29 is 48.1 Å². The summed E-state index contributed by atoms with van der Waals surface area (Å²) in [7, 11) is 0. The summed E-state index contributed by atoms with van der Waals surface area (Å²) in [5.41, 5.74) is 2.90. The molecular formula is C18H22Cl2SiZr-2. The smallest absolute Gasteiger partial charge is 0.0579 e. The summed E-state index contributed by atoms with van der Waals surface area (Å²) in [6.45, 7) is 8.83. The maximum absolute atomic E-state index is 3.05. The number of hydrogen-bond donors (Lipinski definition) is 0. The summed E-state index contributed by atoms with van der Waals surface area (Å²) < 4.78 is 0. The fraction of sp³-hybridized carbons (Fsp3) is 0.278. The van der Waals surface area contributed by atoms with Gasteiger partial charge in [-0.2, -0.15) is 12.1 Å². The number of benzene rings is 1. The van der Waals surface area contributed by atoms with Gasteiger partial charge in [0, 0.05) is 0 Å². The average Bonchev–Trinajstić information content (AvgIpc) is 2.96. The molecule has 0 aromatic heterocycles. The van der Waals surface area contributed by atoms with Crippen molar-refractivity contribution >= 4 is 16.2 Å². The minimum Gasteiger partial charge on any atom is -1.00 e. The zero-order valence-electron chi connectivity index (χ0n) is 13.6. The van der Waals surface area contributed by atoms with Crippen molar-refractivity contribution in [3.63, 3.8) is 0 Å². The summed E-state index contributed by atoms with van der Waals surface area (Å²) in [6.07, 6.45) is 8.24. The Morgan fingerprint density at radius 3 is 2.14 bits per heavy atom. The monoisotopic (exact) mass is 426 g/mol. The molecule has 0 heterocycles. The molecule has 118 valence electrons. The van der Waals surface area contributed by atoms with E-state index in [1.165, 1.54) is 21.9 Å². The van der Waals surface area contributed by atoms with Crippen LogP contribution >= 0.6 is 0 Å². The molecule has 2 aromatic carbocycles. The first kappa shape index (κ1) is 24.2. The van der Waals surface area contributed by atoms with Crippen LogP contribution in [0.15, 0.2) is 54.1 Å². The zero-order chi connectivity index (χ0) is 15.0. The molecular weight excluding hydrogens is 406 g/mol. The van der Waals surface area contributed by atoms with Crippen molar-refractivity contribution in [3.05, 3.63) is 65.8 Å². The molecule has 22 heavy (non-hydrogen) atoms. The molecule has 0 bridgehead atoms. The van der Waals surface area contributed by atoms with Crippen LogP contribution in [0.5, 0.6) is 0 Å². The predicted octanol–water partition coefficient (Wildman–Crippen LogP) is -0.645. The molecule has 1 aliphatic carbocycles. The number of halogens is 2. The minimum atomic E-state index is 0. The third-order valence-electron chi connectivity index (χ3n) is 2.63. The van der Waals surface area contributed by atoms with Gasteiger partial charge in [-0.3, -0.25) is 6.08 Å². The Kier molecular flexibility index (Phi) is 14.8. The van der Waals surface area contributed by atoms with E-state index in [2.05, 4.69) is 75.5 Å². The molecule has 0 unspecified atom stereocenters. The molecule has 2 aromatic rings. The molecule has 0 amide bonds. The third-order valence-corrected chi connectivity index (χ3v) is 2.63. The Morgan fingerprint density at radius 1 is 1.14 bits per heavy atom. The van der Waals surface area contributed by atoms with Crippen LogP contribution in [0.1, 0.15) is 18.9 Å². The van der Waals surface area contributed by atoms with E-state index in [4.69, 9.17) is 0 Å². The van der Waals surface area contributed by atoms with Crippen LogP contribution in [0.25, 0.3) is 10.8 Å². The number of hydrogen-bond acceptors (Lipinski definition) is 0. The van der Waals surface area contributed by atoms with E-state index in [1.54, 1.807) is 23.3 Å². The van der Waals surface area contributed by atoms with Crippen molar-refractivity contribution in [1.29, 1.82) is 0 Å². The molecule has 1 aliphatic rings. The molecule has 0 radical (unpaired) electrons. The minimum absolute atomic E-state index is 0. The molecule has 0 fully saturated rings. The molecule has 0 N–H and O–H groups in total. The molecule has 0 nitrogen and oxygen atoms in total. The van der Waals surface area contributed by atoms with Gasteiger partial charge in [0.15, 0.2) is 0 Å². The van der Waals surface area contributed by atoms with Gasteiger partial charge in [-0.15, -0.1) is 53.9 Å². The SMILES string of the molecule is CC1=CC[C-]=C1.C[Si](C)=[Zr+2].Cc1cc2ccccc2[cH-]1.[Cl-].[Cl-]. The van der Waals surface area contributed by atoms with Crippen LogP contribution in [0.4, 0.5) is 0 Å². The Morgan fingerprint density at radius 2 is 1.73 bits per heavy atom. The van der Waals surface area contributed by atoms with Gasteiger partial charge in [0.25, 0.3) is 0 Å². The first-order valence-electron chi connectivity index (χ1n) is 6.86. The number of rotatable bonds is 0. The van der Waals surface area contributed by atoms with E-state index in [0.717, 1.165) is 6.42 Å². The summed E-state index contributed by atoms with van der Waals surface area (Å²) in [4.78, 5) is 0. The maximum Gasteiger partial charge on any atom is -0.0579 e. The second-order valence-electron chi connectivity index (χ2n) is 5.16. The van der Waals surface area contributed by atoms with E-state index in [1.807, 2.05) is 6.08 Å². The molecule has 0 atom stereocenters. The standard InChI is InChI=1S/C10H9.C6H7.C2H6Si.2ClH.Zr/c1-8-6-9-4-2-3-5-10(9)7-8;1-6-4-2-3-5-6;1-3-2;;;/h2-7H,1H3;4-5H,2H2,1H3;1-2H3;2*1H;/q2*-1;;;;+2/p-2. The second-order valence-corrected chi connectivity index (χ2v) is 14.5. The van der Waals surface area contributed by atoms with E-state index < -0.39 is 0 Å². The van der Waals surface area contributed by atoms with Crippen LogP contribution < -0.4 is 24.8 Å². The van der Waals surface area contributed by atoms with Crippen LogP contribution in [0.3, 0.4) is 0 Å². The zero-order valence-corrected chi connectivity index (χ0v) is 18.6. The Bertz CT molecular complexity index is 587. The summed E-state index contributed by atoms with van der Waals surface area (Å²) in [6, 6.07) is 12.8. The Labute approximate surface area is 162 Å². The van der Waals surface area contributed by atoms with Gasteiger partial charge >= 0.3 is 41.9 Å². The summed E-state index contributed by atoms with van der Waals surface area (Å²) >= 11 is 1.74. The van der Waals surface area contributed by atoms with Crippen molar-refractivity contribution in [1.82, 2.24) is 0 Å². The topological polar surface area (TPSA) is 0 Å². The first-order chi connectivity index (χ1) is 9.49. The largest absolute Gasteiger partial charge is 1.00 e. The van der Waals surface area contributed by atoms with Gasteiger partial charge in [-0.25, -0.2) is 11.6 Å². The fourth-order valence-corrected chi connectivity index (χ4v) is 1.80. The van der Waals surface area contributed by atoms with Gasteiger partial charge in [-0.05, 0) is 0 Å². The van der Waals surface area contributed by atoms with Crippen LogP contribution in [-0.2, 0) is 23.3 Å². The molecule has 0 saturated carbocycles. The van der Waals surface area contributed by atoms with Gasteiger partial charge in [-0.1, -0.05) is 13.0 Å². The van der Waals surface area contributed by atoms with Crippen molar-refractivity contribution in [3.8, 4) is 0 Å². The molecule has 0 aliphatic heterocycles. The molecule has 4 heteroatoms. The first-order valence-corrected chi connectivity index (χ1v) is 13.0. The average molecular weight is 429 g/mol. The fourth-order valence-electron chi connectivity index (χ4n) is 1.80. The number of aryl methyl sites for hydroxylation is 1. The van der Waals surface area contributed by atoms with Crippen LogP contribution in [0.2, 0.25) is 13.1 Å². The number of fused-ring (bicyclic) bond motifs is 1. The van der Waals surface area contributed by atoms with Gasteiger partial charge in [0.05, 0.1) is 0 Å². The van der Waals surface area contributed by atoms with E-state index in [-0.39, 0.29) is 30.2 Å². The summed E-state index contributed by atoms with van der Waals surface area (Å²) in [5, 5.41) is 2.69. The van der Waals surface area contributed by atoms with Gasteiger partial charge < -0.3 is 24.8 Å². The van der Waals surface area contributed by atoms with E-state index in [0.29, 0.717) is 0 Å². The predicted molar refractivity (Wildman–Crippen MR) is 87.9 cm³/mol. The Hall–Kier alpha value is -0.0100. The summed E-state index contributed by atoms with van der Waals surface area (Å²) in [5.74, 6) is 0. The van der Waals surface area contributed by atoms with E-state index in [9.17, 15) is 0 Å². The van der Waals surface area contributed by atoms with Crippen molar-refractivity contribution in [2.24, 2.45) is 0 Å². The van der Waals surface area contributed by atoms with E-state index >= 15 is 0 Å². The molecule has 0 spiro atoms. The quantitative estimate of drug-likeness (QED) is 0.387. The number of allylic oxidation sites excluding steroid dienone is 4. The van der Waals surface area contributed by atoms with Crippen molar-refractivity contribution in [2.45, 2.75) is 33.4 Å². The Balaban J connectivity index is 0. The molecule has 0 saturated heterocycles. The molecule has 3 rings (SSSR count). The van der Waals surface area contributed by atoms with Crippen LogP contribution in [-0.4, -0.2) is 5.43 Å². The third kappa shape index (κ3) is 10.7. The van der Waals surface area contributed by atoms with Crippen molar-refractivity contribution in [2.75, 3.05) is 0 Å². The normalized spacial score (nSPS) is 11.1. The van der Waals surface area contributed by atoms with Crippen LogP contribution in [0, 0.1) is 13.0 Å².